The number of halogens is 2. The zero-order valence-electron chi connectivity index (χ0n) is 14.9. The molecule has 4 nitrogen and oxygen atoms in total. The Morgan fingerprint density at radius 2 is 1.92 bits per heavy atom. The third kappa shape index (κ3) is 5.61. The summed E-state index contributed by atoms with van der Waals surface area (Å²) in [6.45, 7) is 3.86. The molecule has 1 aliphatic carbocycles. The first-order valence-electron chi connectivity index (χ1n) is 8.96. The van der Waals surface area contributed by atoms with Crippen LogP contribution in [0.3, 0.4) is 0 Å². The van der Waals surface area contributed by atoms with Gasteiger partial charge >= 0.3 is 0 Å². The lowest BCUT2D eigenvalue weighted by Crippen LogP contribution is -2.50. The lowest BCUT2D eigenvalue weighted by Gasteiger charge is -2.31. The number of rotatable bonds is 6. The highest BCUT2D eigenvalue weighted by Gasteiger charge is 2.27. The van der Waals surface area contributed by atoms with Crippen LogP contribution in [0.1, 0.15) is 57.9 Å². The number of nitrogens with one attached hydrogen (secondary N) is 1. The van der Waals surface area contributed by atoms with Gasteiger partial charge in [-0.1, -0.05) is 55.5 Å². The molecular weight excluding hydrogens is 359 g/mol. The molecular formula is C19H26Cl2N2O2. The van der Waals surface area contributed by atoms with E-state index in [1.54, 1.807) is 36.9 Å². The molecule has 1 fully saturated rings. The van der Waals surface area contributed by atoms with Gasteiger partial charge < -0.3 is 10.2 Å². The van der Waals surface area contributed by atoms with Crippen molar-refractivity contribution >= 4 is 35.0 Å². The molecule has 1 aromatic carbocycles. The van der Waals surface area contributed by atoms with E-state index in [-0.39, 0.29) is 17.9 Å². The summed E-state index contributed by atoms with van der Waals surface area (Å²) in [5.41, 5.74) is 0.783. The standard InChI is InChI=1S/C19H26Cl2N2O2/c1-3-18(24)23(12-14-9-10-15(20)11-17(14)21)13(2)19(25)22-16-7-5-4-6-8-16/h9-11,13,16H,3-8,12H2,1-2H3,(H,22,25)/t13-/m0/s1. The largest absolute Gasteiger partial charge is 0.352 e. The summed E-state index contributed by atoms with van der Waals surface area (Å²) in [4.78, 5) is 26.6. The van der Waals surface area contributed by atoms with E-state index in [1.165, 1.54) is 6.42 Å². The highest BCUT2D eigenvalue weighted by atomic mass is 35.5. The van der Waals surface area contributed by atoms with Gasteiger partial charge in [0.1, 0.15) is 6.04 Å². The third-order valence-electron chi connectivity index (χ3n) is 4.78. The summed E-state index contributed by atoms with van der Waals surface area (Å²) < 4.78 is 0. The van der Waals surface area contributed by atoms with Crippen molar-refractivity contribution in [2.24, 2.45) is 0 Å². The Bertz CT molecular complexity index is 615. The maximum atomic E-state index is 12.6. The average Bonchev–Trinajstić information content (AvgIpc) is 2.60. The van der Waals surface area contributed by atoms with E-state index in [9.17, 15) is 9.59 Å². The Kier molecular flexibility index (Phi) is 7.57. The Hall–Kier alpha value is -1.26. The minimum absolute atomic E-state index is 0.0719. The van der Waals surface area contributed by atoms with Gasteiger partial charge in [0, 0.05) is 29.1 Å². The van der Waals surface area contributed by atoms with Crippen LogP contribution in [-0.4, -0.2) is 28.8 Å². The zero-order chi connectivity index (χ0) is 18.4. The van der Waals surface area contributed by atoms with Crippen LogP contribution in [0.4, 0.5) is 0 Å². The Morgan fingerprint density at radius 1 is 1.24 bits per heavy atom. The molecule has 1 aromatic rings. The predicted octanol–water partition coefficient (Wildman–Crippen LogP) is 4.57. The predicted molar refractivity (Wildman–Crippen MR) is 102 cm³/mol. The molecule has 0 unspecified atom stereocenters. The lowest BCUT2D eigenvalue weighted by atomic mass is 9.95. The molecule has 1 atom stereocenters. The molecule has 1 saturated carbocycles. The Labute approximate surface area is 159 Å². The number of hydrogen-bond acceptors (Lipinski definition) is 2. The smallest absolute Gasteiger partial charge is 0.242 e. The summed E-state index contributed by atoms with van der Waals surface area (Å²) in [5.74, 6) is -0.170. The van der Waals surface area contributed by atoms with Crippen molar-refractivity contribution in [3.8, 4) is 0 Å². The molecule has 0 bridgehead atoms. The lowest BCUT2D eigenvalue weighted by molar-refractivity contribution is -0.140. The molecule has 0 spiro atoms. The van der Waals surface area contributed by atoms with Gasteiger partial charge in [-0.3, -0.25) is 9.59 Å². The molecule has 1 N–H and O–H groups in total. The van der Waals surface area contributed by atoms with Crippen LogP contribution >= 0.6 is 23.2 Å². The number of benzene rings is 1. The van der Waals surface area contributed by atoms with Crippen LogP contribution < -0.4 is 5.32 Å². The highest BCUT2D eigenvalue weighted by Crippen LogP contribution is 2.24. The molecule has 1 aliphatic rings. The van der Waals surface area contributed by atoms with E-state index in [4.69, 9.17) is 23.2 Å². The summed E-state index contributed by atoms with van der Waals surface area (Å²) in [6.07, 6.45) is 5.91. The summed E-state index contributed by atoms with van der Waals surface area (Å²) in [5, 5.41) is 4.15. The Morgan fingerprint density at radius 3 is 2.52 bits per heavy atom. The van der Waals surface area contributed by atoms with Gasteiger partial charge in [0.05, 0.1) is 0 Å². The average molecular weight is 385 g/mol. The van der Waals surface area contributed by atoms with E-state index < -0.39 is 6.04 Å². The third-order valence-corrected chi connectivity index (χ3v) is 5.36. The van der Waals surface area contributed by atoms with Crippen LogP contribution in [0, 0.1) is 0 Å². The van der Waals surface area contributed by atoms with Crippen molar-refractivity contribution in [1.82, 2.24) is 10.2 Å². The van der Waals surface area contributed by atoms with Crippen molar-refractivity contribution < 1.29 is 9.59 Å². The van der Waals surface area contributed by atoms with Gasteiger partial charge in [-0.25, -0.2) is 0 Å². The van der Waals surface area contributed by atoms with Gasteiger partial charge in [-0.2, -0.15) is 0 Å². The van der Waals surface area contributed by atoms with Gasteiger partial charge in [-0.05, 0) is 37.5 Å². The second-order valence-corrected chi connectivity index (χ2v) is 7.47. The maximum Gasteiger partial charge on any atom is 0.242 e. The van der Waals surface area contributed by atoms with Crippen LogP contribution in [0.15, 0.2) is 18.2 Å². The molecule has 6 heteroatoms. The number of carbonyl (C=O) groups excluding carboxylic acids is 2. The van der Waals surface area contributed by atoms with Gasteiger partial charge in [0.2, 0.25) is 11.8 Å². The van der Waals surface area contributed by atoms with Crippen LogP contribution in [0.25, 0.3) is 0 Å². The normalized spacial score (nSPS) is 16.3. The number of hydrogen-bond donors (Lipinski definition) is 1. The number of carbonyl (C=O) groups is 2. The number of amides is 2. The molecule has 138 valence electrons. The van der Waals surface area contributed by atoms with E-state index in [0.29, 0.717) is 23.0 Å². The monoisotopic (exact) mass is 384 g/mol. The van der Waals surface area contributed by atoms with Crippen LogP contribution in [-0.2, 0) is 16.1 Å². The van der Waals surface area contributed by atoms with E-state index in [1.807, 2.05) is 0 Å². The molecule has 0 aliphatic heterocycles. The first kappa shape index (κ1) is 20.1. The minimum atomic E-state index is -0.541. The quantitative estimate of drug-likeness (QED) is 0.780. The van der Waals surface area contributed by atoms with Crippen LogP contribution in [0.5, 0.6) is 0 Å². The second kappa shape index (κ2) is 9.44. The fraction of sp³-hybridized carbons (Fsp3) is 0.579. The Balaban J connectivity index is 2.09. The topological polar surface area (TPSA) is 49.4 Å². The van der Waals surface area contributed by atoms with Gasteiger partial charge in [-0.15, -0.1) is 0 Å². The van der Waals surface area contributed by atoms with Gasteiger partial charge in [0.15, 0.2) is 0 Å². The van der Waals surface area contributed by atoms with E-state index in [2.05, 4.69) is 5.32 Å². The van der Waals surface area contributed by atoms with E-state index >= 15 is 0 Å². The molecule has 0 heterocycles. The zero-order valence-corrected chi connectivity index (χ0v) is 16.4. The van der Waals surface area contributed by atoms with Crippen molar-refractivity contribution in [2.45, 2.75) is 71.0 Å². The molecule has 2 amide bonds. The second-order valence-electron chi connectivity index (χ2n) is 6.63. The maximum absolute atomic E-state index is 12.6. The summed E-state index contributed by atoms with van der Waals surface area (Å²) in [6, 6.07) is 4.87. The summed E-state index contributed by atoms with van der Waals surface area (Å²) in [7, 11) is 0. The van der Waals surface area contributed by atoms with E-state index in [0.717, 1.165) is 31.2 Å². The highest BCUT2D eigenvalue weighted by molar-refractivity contribution is 6.35. The molecule has 0 saturated heterocycles. The molecule has 0 radical (unpaired) electrons. The molecule has 25 heavy (non-hydrogen) atoms. The fourth-order valence-electron chi connectivity index (χ4n) is 3.19. The van der Waals surface area contributed by atoms with Crippen molar-refractivity contribution in [1.29, 1.82) is 0 Å². The molecule has 2 rings (SSSR count). The summed E-state index contributed by atoms with van der Waals surface area (Å²) >= 11 is 12.2. The van der Waals surface area contributed by atoms with Crippen LogP contribution in [0.2, 0.25) is 10.0 Å². The fourth-order valence-corrected chi connectivity index (χ4v) is 3.66. The van der Waals surface area contributed by atoms with Gasteiger partial charge in [0.25, 0.3) is 0 Å². The van der Waals surface area contributed by atoms with Crippen molar-refractivity contribution in [3.63, 3.8) is 0 Å². The first-order valence-corrected chi connectivity index (χ1v) is 9.71. The minimum Gasteiger partial charge on any atom is -0.352 e. The van der Waals surface area contributed by atoms with Crippen molar-refractivity contribution in [2.75, 3.05) is 0 Å². The number of nitrogens with zero attached hydrogens (tertiary/aromatic N) is 1. The van der Waals surface area contributed by atoms with Crippen molar-refractivity contribution in [3.05, 3.63) is 33.8 Å². The SMILES string of the molecule is CCC(=O)N(Cc1ccc(Cl)cc1Cl)[C@@H](C)C(=O)NC1CCCCC1. The first-order chi connectivity index (χ1) is 11.9. The molecule has 0 aromatic heterocycles.